The van der Waals surface area contributed by atoms with E-state index in [0.29, 0.717) is 18.9 Å². The highest BCUT2D eigenvalue weighted by atomic mass is 32.2. The van der Waals surface area contributed by atoms with Gasteiger partial charge in [0.05, 0.1) is 12.5 Å². The van der Waals surface area contributed by atoms with Gasteiger partial charge in [0.2, 0.25) is 5.91 Å². The molecule has 2 unspecified atom stereocenters. The van der Waals surface area contributed by atoms with Crippen molar-refractivity contribution in [3.8, 4) is 0 Å². The van der Waals surface area contributed by atoms with Gasteiger partial charge in [-0.15, -0.1) is 0 Å². The maximum Gasteiger partial charge on any atom is 0.305 e. The first-order valence-corrected chi connectivity index (χ1v) is 9.28. The van der Waals surface area contributed by atoms with Crippen LogP contribution in [0.25, 0.3) is 0 Å². The van der Waals surface area contributed by atoms with E-state index in [2.05, 4.69) is 26.0 Å². The Kier molecular flexibility index (Phi) is 6.51. The van der Waals surface area contributed by atoms with Crippen LogP contribution in [-0.4, -0.2) is 46.0 Å². The zero-order valence-corrected chi connectivity index (χ0v) is 14.6. The van der Waals surface area contributed by atoms with Crippen LogP contribution in [0.15, 0.2) is 30.3 Å². The second kappa shape index (κ2) is 8.39. The van der Waals surface area contributed by atoms with Gasteiger partial charge in [0.25, 0.3) is 0 Å². The van der Waals surface area contributed by atoms with Crippen LogP contribution in [0.2, 0.25) is 0 Å². The molecule has 2 atom stereocenters. The van der Waals surface area contributed by atoms with E-state index < -0.39 is 5.97 Å². The molecule has 0 aliphatic carbocycles. The molecule has 1 heterocycles. The average Bonchev–Trinajstić information content (AvgIpc) is 2.53. The molecule has 2 rings (SSSR count). The number of rotatable bonds is 6. The van der Waals surface area contributed by atoms with Gasteiger partial charge in [-0.05, 0) is 17.4 Å². The first-order chi connectivity index (χ1) is 11.0. The molecular formula is C18H25NO3S. The van der Waals surface area contributed by atoms with Gasteiger partial charge in [-0.25, -0.2) is 0 Å². The summed E-state index contributed by atoms with van der Waals surface area (Å²) in [5.41, 5.74) is 1.18. The van der Waals surface area contributed by atoms with Crippen molar-refractivity contribution in [1.29, 1.82) is 0 Å². The van der Waals surface area contributed by atoms with E-state index in [4.69, 9.17) is 5.11 Å². The molecule has 0 spiro atoms. The summed E-state index contributed by atoms with van der Waals surface area (Å²) >= 11 is 1.73. The molecule has 0 saturated carbocycles. The molecule has 1 aliphatic rings. The quantitative estimate of drug-likeness (QED) is 0.867. The van der Waals surface area contributed by atoms with Crippen LogP contribution in [0, 0.1) is 5.92 Å². The fourth-order valence-corrected chi connectivity index (χ4v) is 4.16. The van der Waals surface area contributed by atoms with E-state index in [0.717, 1.165) is 11.5 Å². The molecule has 1 saturated heterocycles. The minimum atomic E-state index is -0.834. The molecule has 0 aromatic heterocycles. The maximum absolute atomic E-state index is 12.8. The number of benzene rings is 1. The van der Waals surface area contributed by atoms with Crippen molar-refractivity contribution < 1.29 is 14.7 Å². The molecule has 4 nitrogen and oxygen atoms in total. The Labute approximate surface area is 142 Å². The zero-order valence-electron chi connectivity index (χ0n) is 13.8. The number of carbonyl (C=O) groups is 2. The molecule has 126 valence electrons. The number of carboxylic acids is 1. The van der Waals surface area contributed by atoms with E-state index in [1.807, 2.05) is 18.2 Å². The Morgan fingerprint density at radius 3 is 2.61 bits per heavy atom. The summed E-state index contributed by atoms with van der Waals surface area (Å²) in [5, 5.41) is 9.07. The van der Waals surface area contributed by atoms with Crippen LogP contribution in [-0.2, 0) is 9.59 Å². The molecule has 23 heavy (non-hydrogen) atoms. The Bertz CT molecular complexity index is 532. The number of carboxylic acid groups (broad SMARTS) is 1. The second-order valence-electron chi connectivity index (χ2n) is 6.38. The van der Waals surface area contributed by atoms with Gasteiger partial charge in [0, 0.05) is 24.5 Å². The SMILES string of the molecule is CC(C)C(CC(=O)N1CCSCC1CC(=O)O)c1ccccc1. The molecule has 1 N–H and O–H groups in total. The molecule has 0 radical (unpaired) electrons. The lowest BCUT2D eigenvalue weighted by Gasteiger charge is -2.36. The van der Waals surface area contributed by atoms with Crippen molar-refractivity contribution in [1.82, 2.24) is 4.90 Å². The van der Waals surface area contributed by atoms with Gasteiger partial charge in [-0.2, -0.15) is 11.8 Å². The number of hydrogen-bond donors (Lipinski definition) is 1. The summed E-state index contributed by atoms with van der Waals surface area (Å²) in [5.74, 6) is 1.38. The first kappa shape index (κ1) is 17.9. The molecule has 0 bridgehead atoms. The fraction of sp³-hybridized carbons (Fsp3) is 0.556. The lowest BCUT2D eigenvalue weighted by Crippen LogP contribution is -2.47. The summed E-state index contributed by atoms with van der Waals surface area (Å²) in [6, 6.07) is 9.94. The van der Waals surface area contributed by atoms with Crippen LogP contribution < -0.4 is 0 Å². The van der Waals surface area contributed by atoms with Crippen LogP contribution in [0.4, 0.5) is 0 Å². The third-order valence-electron chi connectivity index (χ3n) is 4.39. The number of thioether (sulfide) groups is 1. The van der Waals surface area contributed by atoms with Gasteiger partial charge < -0.3 is 10.0 Å². The number of aliphatic carboxylic acids is 1. The minimum absolute atomic E-state index is 0.0381. The van der Waals surface area contributed by atoms with E-state index in [1.54, 1.807) is 16.7 Å². The molecular weight excluding hydrogens is 310 g/mol. The van der Waals surface area contributed by atoms with E-state index in [1.165, 1.54) is 5.56 Å². The van der Waals surface area contributed by atoms with Crippen molar-refractivity contribution in [2.75, 3.05) is 18.1 Å². The highest BCUT2D eigenvalue weighted by molar-refractivity contribution is 7.99. The average molecular weight is 335 g/mol. The first-order valence-electron chi connectivity index (χ1n) is 8.13. The van der Waals surface area contributed by atoms with Crippen LogP contribution in [0.1, 0.15) is 38.2 Å². The van der Waals surface area contributed by atoms with Gasteiger partial charge >= 0.3 is 5.97 Å². The Hall–Kier alpha value is -1.49. The van der Waals surface area contributed by atoms with E-state index >= 15 is 0 Å². The van der Waals surface area contributed by atoms with Gasteiger partial charge in [0.15, 0.2) is 0 Å². The smallest absolute Gasteiger partial charge is 0.305 e. The lowest BCUT2D eigenvalue weighted by molar-refractivity contribution is -0.140. The molecule has 1 amide bonds. The van der Waals surface area contributed by atoms with Gasteiger partial charge in [-0.3, -0.25) is 9.59 Å². The highest BCUT2D eigenvalue weighted by Crippen LogP contribution is 2.30. The lowest BCUT2D eigenvalue weighted by atomic mass is 9.85. The zero-order chi connectivity index (χ0) is 16.8. The molecule has 1 fully saturated rings. The largest absolute Gasteiger partial charge is 0.481 e. The summed E-state index contributed by atoms with van der Waals surface area (Å²) in [7, 11) is 0. The van der Waals surface area contributed by atoms with E-state index in [-0.39, 0.29) is 24.3 Å². The number of carbonyl (C=O) groups excluding carboxylic acids is 1. The number of hydrogen-bond acceptors (Lipinski definition) is 3. The van der Waals surface area contributed by atoms with Crippen molar-refractivity contribution >= 4 is 23.6 Å². The monoisotopic (exact) mass is 335 g/mol. The number of amides is 1. The molecule has 1 aliphatic heterocycles. The summed E-state index contributed by atoms with van der Waals surface area (Å²) in [6.45, 7) is 4.92. The van der Waals surface area contributed by atoms with Gasteiger partial charge in [-0.1, -0.05) is 44.2 Å². The standard InChI is InChI=1S/C18H25NO3S/c1-13(2)16(14-6-4-3-5-7-14)11-17(20)19-8-9-23-12-15(19)10-18(21)22/h3-7,13,15-16H,8-12H2,1-2H3,(H,21,22). The maximum atomic E-state index is 12.8. The van der Waals surface area contributed by atoms with Gasteiger partial charge in [0.1, 0.15) is 0 Å². The normalized spacial score (nSPS) is 19.6. The topological polar surface area (TPSA) is 57.6 Å². The minimum Gasteiger partial charge on any atom is -0.481 e. The molecule has 5 heteroatoms. The third-order valence-corrected chi connectivity index (χ3v) is 5.48. The summed E-state index contributed by atoms with van der Waals surface area (Å²) < 4.78 is 0. The second-order valence-corrected chi connectivity index (χ2v) is 7.53. The molecule has 1 aromatic carbocycles. The highest BCUT2D eigenvalue weighted by Gasteiger charge is 2.31. The van der Waals surface area contributed by atoms with Crippen LogP contribution >= 0.6 is 11.8 Å². The fourth-order valence-electron chi connectivity index (χ4n) is 3.10. The van der Waals surface area contributed by atoms with Crippen LogP contribution in [0.3, 0.4) is 0 Å². The van der Waals surface area contributed by atoms with Crippen molar-refractivity contribution in [3.05, 3.63) is 35.9 Å². The Balaban J connectivity index is 2.09. The van der Waals surface area contributed by atoms with Crippen molar-refractivity contribution in [2.24, 2.45) is 5.92 Å². The van der Waals surface area contributed by atoms with Crippen molar-refractivity contribution in [3.63, 3.8) is 0 Å². The summed E-state index contributed by atoms with van der Waals surface area (Å²) in [4.78, 5) is 25.6. The predicted octanol–water partition coefficient (Wildman–Crippen LogP) is 3.24. The number of nitrogens with zero attached hydrogens (tertiary/aromatic N) is 1. The predicted molar refractivity (Wildman–Crippen MR) is 93.7 cm³/mol. The molecule has 1 aromatic rings. The summed E-state index contributed by atoms with van der Waals surface area (Å²) in [6.07, 6.45) is 0.485. The van der Waals surface area contributed by atoms with Crippen LogP contribution in [0.5, 0.6) is 0 Å². The third kappa shape index (κ3) is 4.99. The van der Waals surface area contributed by atoms with Crippen molar-refractivity contribution in [2.45, 2.75) is 38.6 Å². The Morgan fingerprint density at radius 2 is 2.00 bits per heavy atom. The Morgan fingerprint density at radius 1 is 1.30 bits per heavy atom. The van der Waals surface area contributed by atoms with E-state index in [9.17, 15) is 9.59 Å².